The largest absolute Gasteiger partial charge is 0.425 e. The first-order chi connectivity index (χ1) is 13.7. The number of carbonyl (C=O) groups is 2. The maximum atomic E-state index is 14.1. The number of carbonyl (C=O) groups excluding carboxylic acids is 2. The van der Waals surface area contributed by atoms with E-state index in [4.69, 9.17) is 4.52 Å². The van der Waals surface area contributed by atoms with Crippen LogP contribution in [0.3, 0.4) is 0 Å². The molecule has 1 aromatic carbocycles. The molecular formula is C19H19F3N4O3. The van der Waals surface area contributed by atoms with E-state index >= 15 is 0 Å². The predicted molar refractivity (Wildman–Crippen MR) is 94.3 cm³/mol. The summed E-state index contributed by atoms with van der Waals surface area (Å²) in [5, 5.41) is 5.75. The maximum Gasteiger partial charge on any atom is 0.425 e. The number of urea groups is 1. The summed E-state index contributed by atoms with van der Waals surface area (Å²) in [7, 11) is 0. The molecule has 0 spiro atoms. The average Bonchev–Trinajstić information content (AvgIpc) is 3.36. The van der Waals surface area contributed by atoms with Gasteiger partial charge >= 0.3 is 12.2 Å². The van der Waals surface area contributed by atoms with E-state index in [-0.39, 0.29) is 18.3 Å². The molecule has 3 heterocycles. The predicted octanol–water partition coefficient (Wildman–Crippen LogP) is 3.09. The topological polar surface area (TPSA) is 78.7 Å². The van der Waals surface area contributed by atoms with Crippen LogP contribution in [-0.2, 0) is 10.3 Å². The van der Waals surface area contributed by atoms with Crippen LogP contribution in [0.5, 0.6) is 0 Å². The van der Waals surface area contributed by atoms with E-state index in [1.54, 1.807) is 24.0 Å². The SMILES string of the molecule is Cc1cc(C2CCCN2CN2C(=O)NC(c3ccccc3)(C(F)(F)F)C2=O)on1. The number of nitrogens with one attached hydrogen (secondary N) is 1. The van der Waals surface area contributed by atoms with Crippen LogP contribution < -0.4 is 5.32 Å². The van der Waals surface area contributed by atoms with Crippen molar-refractivity contribution < 1.29 is 27.3 Å². The van der Waals surface area contributed by atoms with Gasteiger partial charge in [-0.1, -0.05) is 35.5 Å². The van der Waals surface area contributed by atoms with E-state index in [0.29, 0.717) is 29.3 Å². The van der Waals surface area contributed by atoms with Gasteiger partial charge in [0.1, 0.15) is 0 Å². The Morgan fingerprint density at radius 3 is 2.62 bits per heavy atom. The van der Waals surface area contributed by atoms with Gasteiger partial charge in [-0.2, -0.15) is 13.2 Å². The Bertz CT molecular complexity index is 930. The minimum Gasteiger partial charge on any atom is -0.359 e. The second-order valence-electron chi connectivity index (χ2n) is 7.26. The van der Waals surface area contributed by atoms with Crippen LogP contribution in [0.1, 0.15) is 35.9 Å². The van der Waals surface area contributed by atoms with Gasteiger partial charge in [-0.15, -0.1) is 0 Å². The Morgan fingerprint density at radius 1 is 1.28 bits per heavy atom. The number of rotatable bonds is 4. The van der Waals surface area contributed by atoms with Crippen molar-refractivity contribution in [3.63, 3.8) is 0 Å². The van der Waals surface area contributed by atoms with E-state index in [1.165, 1.54) is 24.3 Å². The maximum absolute atomic E-state index is 14.1. The first kappa shape index (κ1) is 19.4. The lowest BCUT2D eigenvalue weighted by Gasteiger charge is -2.30. The normalized spacial score (nSPS) is 25.7. The van der Waals surface area contributed by atoms with Crippen LogP contribution in [-0.4, -0.2) is 46.3 Å². The molecule has 1 aromatic heterocycles. The Labute approximate surface area is 164 Å². The van der Waals surface area contributed by atoms with Gasteiger partial charge in [0.2, 0.25) is 5.54 Å². The number of hydrogen-bond donors (Lipinski definition) is 1. The zero-order valence-corrected chi connectivity index (χ0v) is 15.6. The third-order valence-corrected chi connectivity index (χ3v) is 5.40. The number of nitrogens with zero attached hydrogens (tertiary/aromatic N) is 3. The van der Waals surface area contributed by atoms with E-state index in [9.17, 15) is 22.8 Å². The van der Waals surface area contributed by atoms with Crippen molar-refractivity contribution in [2.24, 2.45) is 0 Å². The van der Waals surface area contributed by atoms with Gasteiger partial charge < -0.3 is 9.84 Å². The van der Waals surface area contributed by atoms with Crippen LogP contribution in [0.4, 0.5) is 18.0 Å². The van der Waals surface area contributed by atoms with Gasteiger partial charge in [-0.3, -0.25) is 9.69 Å². The number of alkyl halides is 3. The molecular weight excluding hydrogens is 389 g/mol. The van der Waals surface area contributed by atoms with E-state index in [2.05, 4.69) is 5.16 Å². The third-order valence-electron chi connectivity index (χ3n) is 5.40. The molecule has 0 aliphatic carbocycles. The van der Waals surface area contributed by atoms with Gasteiger partial charge in [0, 0.05) is 12.6 Å². The fraction of sp³-hybridized carbons (Fsp3) is 0.421. The van der Waals surface area contributed by atoms with Crippen molar-refractivity contribution in [3.05, 3.63) is 53.4 Å². The quantitative estimate of drug-likeness (QED) is 0.787. The highest BCUT2D eigenvalue weighted by Gasteiger charge is 2.68. The lowest BCUT2D eigenvalue weighted by Crippen LogP contribution is -2.56. The smallest absolute Gasteiger partial charge is 0.359 e. The highest BCUT2D eigenvalue weighted by atomic mass is 19.4. The Hall–Kier alpha value is -2.88. The zero-order valence-electron chi connectivity index (χ0n) is 15.6. The summed E-state index contributed by atoms with van der Waals surface area (Å²) < 4.78 is 47.5. The van der Waals surface area contributed by atoms with Gasteiger partial charge in [0.25, 0.3) is 5.91 Å². The molecule has 0 radical (unpaired) electrons. The van der Waals surface area contributed by atoms with Crippen molar-refractivity contribution >= 4 is 11.9 Å². The number of amides is 3. The van der Waals surface area contributed by atoms with Gasteiger partial charge in [0.15, 0.2) is 5.76 Å². The third kappa shape index (κ3) is 3.07. The lowest BCUT2D eigenvalue weighted by molar-refractivity contribution is -0.198. The number of benzene rings is 1. The molecule has 10 heteroatoms. The van der Waals surface area contributed by atoms with Crippen LogP contribution in [0, 0.1) is 6.92 Å². The molecule has 2 atom stereocenters. The van der Waals surface area contributed by atoms with Crippen molar-refractivity contribution in [3.8, 4) is 0 Å². The summed E-state index contributed by atoms with van der Waals surface area (Å²) in [6.45, 7) is 2.02. The highest BCUT2D eigenvalue weighted by molar-refractivity contribution is 6.08. The number of aromatic nitrogens is 1. The summed E-state index contributed by atoms with van der Waals surface area (Å²) in [4.78, 5) is 27.9. The summed E-state index contributed by atoms with van der Waals surface area (Å²) >= 11 is 0. The second kappa shape index (κ2) is 6.87. The summed E-state index contributed by atoms with van der Waals surface area (Å²) in [6, 6.07) is 7.13. The van der Waals surface area contributed by atoms with Crippen molar-refractivity contribution in [1.82, 2.24) is 20.3 Å². The molecule has 0 saturated carbocycles. The minimum absolute atomic E-state index is 0.255. The summed E-state index contributed by atoms with van der Waals surface area (Å²) in [5.41, 5.74) is -2.73. The molecule has 2 aliphatic rings. The number of likely N-dealkylation sites (tertiary alicyclic amines) is 1. The molecule has 0 bridgehead atoms. The molecule has 2 aromatic rings. The van der Waals surface area contributed by atoms with Crippen LogP contribution in [0.2, 0.25) is 0 Å². The molecule has 3 amide bonds. The highest BCUT2D eigenvalue weighted by Crippen LogP contribution is 2.44. The van der Waals surface area contributed by atoms with E-state index < -0.39 is 23.7 Å². The number of aryl methyl sites for hydroxylation is 1. The van der Waals surface area contributed by atoms with Crippen molar-refractivity contribution in [2.45, 2.75) is 37.5 Å². The molecule has 7 nitrogen and oxygen atoms in total. The minimum atomic E-state index is -5.00. The summed E-state index contributed by atoms with van der Waals surface area (Å²) in [6.07, 6.45) is -3.54. The Morgan fingerprint density at radius 2 is 2.00 bits per heavy atom. The van der Waals surface area contributed by atoms with Crippen molar-refractivity contribution in [1.29, 1.82) is 0 Å². The molecule has 2 fully saturated rings. The number of halogens is 3. The monoisotopic (exact) mass is 408 g/mol. The average molecular weight is 408 g/mol. The molecule has 1 N–H and O–H groups in total. The second-order valence-corrected chi connectivity index (χ2v) is 7.26. The Kier molecular flexibility index (Phi) is 4.60. The zero-order chi connectivity index (χ0) is 20.8. The van der Waals surface area contributed by atoms with Gasteiger partial charge in [-0.05, 0) is 25.3 Å². The van der Waals surface area contributed by atoms with Gasteiger partial charge in [-0.25, -0.2) is 9.69 Å². The number of hydrogen-bond acceptors (Lipinski definition) is 5. The van der Waals surface area contributed by atoms with Gasteiger partial charge in [0.05, 0.1) is 18.4 Å². The molecule has 2 aliphatic heterocycles. The fourth-order valence-electron chi connectivity index (χ4n) is 3.98. The summed E-state index contributed by atoms with van der Waals surface area (Å²) in [5.74, 6) is -0.766. The van der Waals surface area contributed by atoms with Crippen LogP contribution in [0.15, 0.2) is 40.9 Å². The molecule has 154 valence electrons. The first-order valence-electron chi connectivity index (χ1n) is 9.17. The van der Waals surface area contributed by atoms with Crippen molar-refractivity contribution in [2.75, 3.05) is 13.2 Å². The number of imide groups is 1. The van der Waals surface area contributed by atoms with Crippen LogP contribution >= 0.6 is 0 Å². The molecule has 2 unspecified atom stereocenters. The van der Waals surface area contributed by atoms with Crippen LogP contribution in [0.25, 0.3) is 0 Å². The van der Waals surface area contributed by atoms with E-state index in [1.807, 2.05) is 5.32 Å². The molecule has 29 heavy (non-hydrogen) atoms. The Balaban J connectivity index is 1.64. The van der Waals surface area contributed by atoms with E-state index in [0.717, 1.165) is 6.42 Å². The molecule has 4 rings (SSSR count). The molecule has 2 saturated heterocycles. The lowest BCUT2D eigenvalue weighted by atomic mass is 9.89. The fourth-order valence-corrected chi connectivity index (χ4v) is 3.98. The standard InChI is InChI=1S/C19H19F3N4O3/c1-12-10-15(29-24-12)14-8-5-9-25(14)11-26-16(27)18(19(20,21)22,23-17(26)28)13-6-3-2-4-7-13/h2-4,6-7,10,14H,5,8-9,11H2,1H3,(H,23,28). The first-order valence-corrected chi connectivity index (χ1v) is 9.17.